The zero-order valence-electron chi connectivity index (χ0n) is 17.7. The Bertz CT molecular complexity index is 1220. The molecule has 1 aliphatic heterocycles. The summed E-state index contributed by atoms with van der Waals surface area (Å²) < 4.78 is 10.8. The van der Waals surface area contributed by atoms with Gasteiger partial charge in [0.2, 0.25) is 6.79 Å². The van der Waals surface area contributed by atoms with Crippen LogP contribution in [0, 0.1) is 0 Å². The first-order chi connectivity index (χ1) is 15.8. The molecule has 0 aliphatic carbocycles. The standard InChI is InChI=1S/C27H24N2O3/c30-22(13-11-19-12-16-24-25(17-19)32-18-31-24)14-15-23-26(20-7-3-1-4-8-20)27(29-28-23)21-9-5-2-6-10-21/h1-10,12,16-17H,11,13-15,18H2,(H,28,29). The molecule has 0 spiro atoms. The summed E-state index contributed by atoms with van der Waals surface area (Å²) in [4.78, 5) is 12.7. The largest absolute Gasteiger partial charge is 0.454 e. The number of H-pyrrole nitrogens is 1. The number of nitrogens with zero attached hydrogens (tertiary/aromatic N) is 1. The van der Waals surface area contributed by atoms with Crippen LogP contribution >= 0.6 is 0 Å². The van der Waals surface area contributed by atoms with Gasteiger partial charge in [0.25, 0.3) is 0 Å². The zero-order chi connectivity index (χ0) is 21.8. The second kappa shape index (κ2) is 9.10. The molecule has 0 amide bonds. The van der Waals surface area contributed by atoms with Crippen LogP contribution < -0.4 is 9.47 Å². The van der Waals surface area contributed by atoms with Crippen molar-refractivity contribution in [3.63, 3.8) is 0 Å². The number of benzene rings is 3. The van der Waals surface area contributed by atoms with Gasteiger partial charge in [0.15, 0.2) is 11.5 Å². The van der Waals surface area contributed by atoms with Crippen LogP contribution in [0.3, 0.4) is 0 Å². The molecule has 1 aromatic heterocycles. The highest BCUT2D eigenvalue weighted by atomic mass is 16.7. The highest BCUT2D eigenvalue weighted by molar-refractivity contribution is 5.84. The molecule has 0 atom stereocenters. The van der Waals surface area contributed by atoms with Crippen LogP contribution in [0.5, 0.6) is 11.5 Å². The molecule has 0 fully saturated rings. The van der Waals surface area contributed by atoms with E-state index < -0.39 is 0 Å². The van der Waals surface area contributed by atoms with Gasteiger partial charge in [-0.3, -0.25) is 9.89 Å². The van der Waals surface area contributed by atoms with E-state index in [1.165, 1.54) is 0 Å². The normalized spacial score (nSPS) is 12.1. The number of aromatic amines is 1. The number of carbonyl (C=O) groups excluding carboxylic acids is 1. The maximum absolute atomic E-state index is 12.7. The second-order valence-corrected chi connectivity index (χ2v) is 7.88. The number of ether oxygens (including phenoxy) is 2. The number of nitrogens with one attached hydrogen (secondary N) is 1. The zero-order valence-corrected chi connectivity index (χ0v) is 17.7. The third-order valence-corrected chi connectivity index (χ3v) is 5.73. The molecule has 2 heterocycles. The topological polar surface area (TPSA) is 64.2 Å². The lowest BCUT2D eigenvalue weighted by Gasteiger charge is -2.07. The van der Waals surface area contributed by atoms with E-state index in [-0.39, 0.29) is 12.6 Å². The van der Waals surface area contributed by atoms with Crippen molar-refractivity contribution in [2.24, 2.45) is 0 Å². The van der Waals surface area contributed by atoms with Crippen molar-refractivity contribution in [1.82, 2.24) is 10.2 Å². The molecule has 5 nitrogen and oxygen atoms in total. The molecule has 0 bridgehead atoms. The van der Waals surface area contributed by atoms with Crippen molar-refractivity contribution in [3.05, 3.63) is 90.1 Å². The first-order valence-electron chi connectivity index (χ1n) is 10.9. The fourth-order valence-electron chi connectivity index (χ4n) is 4.05. The summed E-state index contributed by atoms with van der Waals surface area (Å²) in [5, 5.41) is 7.80. The molecule has 0 saturated carbocycles. The molecule has 1 aliphatic rings. The van der Waals surface area contributed by atoms with E-state index >= 15 is 0 Å². The van der Waals surface area contributed by atoms with E-state index in [0.717, 1.165) is 45.1 Å². The minimum absolute atomic E-state index is 0.234. The highest BCUT2D eigenvalue weighted by Crippen LogP contribution is 2.34. The molecule has 0 radical (unpaired) electrons. The Morgan fingerprint density at radius 2 is 1.50 bits per heavy atom. The van der Waals surface area contributed by atoms with E-state index in [4.69, 9.17) is 9.47 Å². The first-order valence-corrected chi connectivity index (χ1v) is 10.9. The van der Waals surface area contributed by atoms with Gasteiger partial charge in [-0.05, 0) is 36.1 Å². The van der Waals surface area contributed by atoms with Crippen molar-refractivity contribution in [3.8, 4) is 33.9 Å². The third-order valence-electron chi connectivity index (χ3n) is 5.73. The van der Waals surface area contributed by atoms with Crippen LogP contribution in [0.1, 0.15) is 24.1 Å². The number of ketones is 1. The summed E-state index contributed by atoms with van der Waals surface area (Å²) in [5.74, 6) is 1.76. The molecule has 3 aromatic carbocycles. The molecule has 32 heavy (non-hydrogen) atoms. The predicted molar refractivity (Wildman–Crippen MR) is 124 cm³/mol. The Morgan fingerprint density at radius 3 is 2.28 bits per heavy atom. The van der Waals surface area contributed by atoms with Gasteiger partial charge < -0.3 is 9.47 Å². The van der Waals surface area contributed by atoms with Gasteiger partial charge in [0, 0.05) is 29.7 Å². The van der Waals surface area contributed by atoms with Gasteiger partial charge in [-0.2, -0.15) is 5.10 Å². The minimum Gasteiger partial charge on any atom is -0.454 e. The number of hydrogen-bond acceptors (Lipinski definition) is 4. The third kappa shape index (κ3) is 4.28. The van der Waals surface area contributed by atoms with Gasteiger partial charge >= 0.3 is 0 Å². The average molecular weight is 425 g/mol. The number of carbonyl (C=O) groups is 1. The maximum Gasteiger partial charge on any atom is 0.231 e. The van der Waals surface area contributed by atoms with Crippen LogP contribution in [0.2, 0.25) is 0 Å². The average Bonchev–Trinajstić information content (AvgIpc) is 3.49. The summed E-state index contributed by atoms with van der Waals surface area (Å²) in [6.07, 6.45) is 2.30. The quantitative estimate of drug-likeness (QED) is 0.399. The number of aryl methyl sites for hydroxylation is 2. The predicted octanol–water partition coefficient (Wildman–Crippen LogP) is 5.61. The van der Waals surface area contributed by atoms with E-state index in [9.17, 15) is 4.79 Å². The van der Waals surface area contributed by atoms with Gasteiger partial charge in [0.05, 0.1) is 0 Å². The summed E-state index contributed by atoms with van der Waals surface area (Å²) in [6, 6.07) is 26.2. The highest BCUT2D eigenvalue weighted by Gasteiger charge is 2.18. The van der Waals surface area contributed by atoms with Gasteiger partial charge in [-0.15, -0.1) is 0 Å². The number of rotatable bonds is 8. The number of aromatic nitrogens is 2. The fourth-order valence-corrected chi connectivity index (χ4v) is 4.05. The van der Waals surface area contributed by atoms with Crippen molar-refractivity contribution in [2.75, 3.05) is 6.79 Å². The summed E-state index contributed by atoms with van der Waals surface area (Å²) in [6.45, 7) is 0.261. The van der Waals surface area contributed by atoms with Gasteiger partial charge in [0.1, 0.15) is 11.5 Å². The molecule has 5 heteroatoms. The molecule has 160 valence electrons. The lowest BCUT2D eigenvalue weighted by molar-refractivity contribution is -0.119. The summed E-state index contributed by atoms with van der Waals surface area (Å²) >= 11 is 0. The summed E-state index contributed by atoms with van der Waals surface area (Å²) in [7, 11) is 0. The SMILES string of the molecule is O=C(CCc1ccc2c(c1)OCO2)CCc1[nH]nc(-c2ccccc2)c1-c1ccccc1. The Hall–Kier alpha value is -3.86. The number of Topliss-reactive ketones (excluding diaryl/α,β-unsaturated/α-hetero) is 1. The molecule has 0 saturated heterocycles. The van der Waals surface area contributed by atoms with Gasteiger partial charge in [-0.25, -0.2) is 0 Å². The number of fused-ring (bicyclic) bond motifs is 1. The van der Waals surface area contributed by atoms with Gasteiger partial charge in [-0.1, -0.05) is 66.7 Å². The van der Waals surface area contributed by atoms with Crippen LogP contribution in [-0.4, -0.2) is 22.8 Å². The molecule has 5 rings (SSSR count). The first kappa shape index (κ1) is 20.1. The van der Waals surface area contributed by atoms with Crippen LogP contribution in [0.4, 0.5) is 0 Å². The number of hydrogen-bond donors (Lipinski definition) is 1. The summed E-state index contributed by atoms with van der Waals surface area (Å²) in [5.41, 5.74) is 6.22. The fraction of sp³-hybridized carbons (Fsp3) is 0.185. The van der Waals surface area contributed by atoms with Crippen LogP contribution in [0.25, 0.3) is 22.4 Å². The molecular weight excluding hydrogens is 400 g/mol. The van der Waals surface area contributed by atoms with E-state index in [2.05, 4.69) is 34.5 Å². The minimum atomic E-state index is 0.234. The lowest BCUT2D eigenvalue weighted by Crippen LogP contribution is -2.03. The van der Waals surface area contributed by atoms with Crippen LogP contribution in [0.15, 0.2) is 78.9 Å². The van der Waals surface area contributed by atoms with Crippen molar-refractivity contribution >= 4 is 5.78 Å². The molecule has 4 aromatic rings. The van der Waals surface area contributed by atoms with Crippen molar-refractivity contribution in [1.29, 1.82) is 0 Å². The van der Waals surface area contributed by atoms with Crippen molar-refractivity contribution < 1.29 is 14.3 Å². The van der Waals surface area contributed by atoms with Crippen molar-refractivity contribution in [2.45, 2.75) is 25.7 Å². The molecule has 0 unspecified atom stereocenters. The maximum atomic E-state index is 12.7. The molecule has 1 N–H and O–H groups in total. The van der Waals surface area contributed by atoms with Crippen LogP contribution in [-0.2, 0) is 17.6 Å². The Kier molecular flexibility index (Phi) is 5.71. The smallest absolute Gasteiger partial charge is 0.231 e. The Morgan fingerprint density at radius 1 is 0.812 bits per heavy atom. The second-order valence-electron chi connectivity index (χ2n) is 7.88. The van der Waals surface area contributed by atoms with E-state index in [0.29, 0.717) is 25.7 Å². The Labute approximate surface area is 187 Å². The lowest BCUT2D eigenvalue weighted by atomic mass is 9.96. The Balaban J connectivity index is 1.29. The van der Waals surface area contributed by atoms with E-state index in [1.807, 2.05) is 54.6 Å². The monoisotopic (exact) mass is 424 g/mol. The molecular formula is C27H24N2O3. The van der Waals surface area contributed by atoms with E-state index in [1.54, 1.807) is 0 Å².